The summed E-state index contributed by atoms with van der Waals surface area (Å²) < 4.78 is 0. The number of thiazole rings is 1. The van der Waals surface area contributed by atoms with Gasteiger partial charge in [0.1, 0.15) is 0 Å². The van der Waals surface area contributed by atoms with Crippen molar-refractivity contribution in [3.63, 3.8) is 0 Å². The molecule has 0 bridgehead atoms. The molecule has 6 nitrogen and oxygen atoms in total. The first-order valence-electron chi connectivity index (χ1n) is 9.50. The third kappa shape index (κ3) is 6.59. The van der Waals surface area contributed by atoms with Crippen LogP contribution in [-0.2, 0) is 13.1 Å². The minimum atomic E-state index is 0. The van der Waals surface area contributed by atoms with E-state index in [0.29, 0.717) is 12.6 Å². The van der Waals surface area contributed by atoms with Crippen LogP contribution in [0, 0.1) is 0 Å². The van der Waals surface area contributed by atoms with Crippen LogP contribution >= 0.6 is 35.3 Å². The molecular formula is C20H31IN6S. The van der Waals surface area contributed by atoms with Gasteiger partial charge in [0.05, 0.1) is 12.2 Å². The zero-order chi connectivity index (χ0) is 19.1. The Bertz CT molecular complexity index is 733. The highest BCUT2D eigenvalue weighted by molar-refractivity contribution is 14.0. The van der Waals surface area contributed by atoms with Crippen LogP contribution in [0.25, 0.3) is 0 Å². The van der Waals surface area contributed by atoms with E-state index in [1.54, 1.807) is 11.3 Å². The smallest absolute Gasteiger partial charge is 0.191 e. The summed E-state index contributed by atoms with van der Waals surface area (Å²) in [5.41, 5.74) is 2.42. The maximum Gasteiger partial charge on any atom is 0.191 e. The minimum absolute atomic E-state index is 0. The monoisotopic (exact) mass is 514 g/mol. The van der Waals surface area contributed by atoms with Gasteiger partial charge in [0.2, 0.25) is 0 Å². The summed E-state index contributed by atoms with van der Waals surface area (Å²) in [5.74, 6) is 0.834. The van der Waals surface area contributed by atoms with Crippen LogP contribution in [0.2, 0.25) is 0 Å². The molecule has 0 spiro atoms. The SMILES string of the molecule is CN=C(NCc1csc(N(C)C)n1)NCC1CCCN1Cc1ccccc1.I. The molecule has 1 unspecified atom stereocenters. The van der Waals surface area contributed by atoms with Crippen LogP contribution in [0.3, 0.4) is 0 Å². The average molecular weight is 514 g/mol. The zero-order valence-corrected chi connectivity index (χ0v) is 20.0. The van der Waals surface area contributed by atoms with Gasteiger partial charge in [-0.25, -0.2) is 4.98 Å². The van der Waals surface area contributed by atoms with Gasteiger partial charge in [-0.3, -0.25) is 9.89 Å². The van der Waals surface area contributed by atoms with Gasteiger partial charge in [0.15, 0.2) is 11.1 Å². The van der Waals surface area contributed by atoms with Crippen LogP contribution in [0.15, 0.2) is 40.7 Å². The number of aliphatic imine (C=N–C) groups is 1. The lowest BCUT2D eigenvalue weighted by Gasteiger charge is -2.25. The first-order valence-corrected chi connectivity index (χ1v) is 10.4. The van der Waals surface area contributed by atoms with Crippen molar-refractivity contribution < 1.29 is 0 Å². The van der Waals surface area contributed by atoms with E-state index >= 15 is 0 Å². The quantitative estimate of drug-likeness (QED) is 0.338. The Kier molecular flexibility index (Phi) is 9.46. The number of nitrogens with zero attached hydrogens (tertiary/aromatic N) is 4. The van der Waals surface area contributed by atoms with Crippen molar-refractivity contribution in [1.29, 1.82) is 0 Å². The molecular weight excluding hydrogens is 483 g/mol. The number of guanidine groups is 1. The molecule has 0 amide bonds. The molecule has 1 aliphatic heterocycles. The number of nitrogens with one attached hydrogen (secondary N) is 2. The summed E-state index contributed by atoms with van der Waals surface area (Å²) in [6.45, 7) is 3.78. The van der Waals surface area contributed by atoms with E-state index in [0.717, 1.165) is 29.9 Å². The van der Waals surface area contributed by atoms with Gasteiger partial charge in [-0.05, 0) is 24.9 Å². The van der Waals surface area contributed by atoms with Crippen LogP contribution in [-0.4, -0.2) is 56.1 Å². The van der Waals surface area contributed by atoms with Crippen molar-refractivity contribution in [2.24, 2.45) is 4.99 Å². The lowest BCUT2D eigenvalue weighted by molar-refractivity contribution is 0.245. The number of hydrogen-bond acceptors (Lipinski definition) is 5. The molecule has 3 rings (SSSR count). The number of halogens is 1. The maximum absolute atomic E-state index is 4.60. The predicted molar refractivity (Wildman–Crippen MR) is 130 cm³/mol. The topological polar surface area (TPSA) is 55.8 Å². The molecule has 2 N–H and O–H groups in total. The van der Waals surface area contributed by atoms with Crippen molar-refractivity contribution >= 4 is 46.4 Å². The predicted octanol–water partition coefficient (Wildman–Crippen LogP) is 3.16. The number of aromatic nitrogens is 1. The summed E-state index contributed by atoms with van der Waals surface area (Å²) in [6, 6.07) is 11.3. The number of benzene rings is 1. The molecule has 1 fully saturated rings. The second kappa shape index (κ2) is 11.6. The van der Waals surface area contributed by atoms with Crippen LogP contribution in [0.1, 0.15) is 24.1 Å². The molecule has 28 heavy (non-hydrogen) atoms. The van der Waals surface area contributed by atoms with Crippen molar-refractivity contribution in [2.75, 3.05) is 39.1 Å². The van der Waals surface area contributed by atoms with Crippen LogP contribution in [0.4, 0.5) is 5.13 Å². The molecule has 8 heteroatoms. The number of anilines is 1. The van der Waals surface area contributed by atoms with Crippen LogP contribution in [0.5, 0.6) is 0 Å². The molecule has 0 aliphatic carbocycles. The van der Waals surface area contributed by atoms with Gasteiger partial charge >= 0.3 is 0 Å². The molecule has 1 aromatic carbocycles. The second-order valence-electron chi connectivity index (χ2n) is 7.07. The summed E-state index contributed by atoms with van der Waals surface area (Å²) in [4.78, 5) is 13.6. The number of hydrogen-bond donors (Lipinski definition) is 2. The Balaban J connectivity index is 0.00000280. The Morgan fingerprint density at radius 2 is 2.07 bits per heavy atom. The molecule has 2 heterocycles. The summed E-state index contributed by atoms with van der Waals surface area (Å²) in [7, 11) is 5.84. The molecule has 0 saturated carbocycles. The fourth-order valence-electron chi connectivity index (χ4n) is 3.34. The number of rotatable bonds is 7. The molecule has 1 aliphatic rings. The Labute approximate surface area is 189 Å². The molecule has 1 saturated heterocycles. The lowest BCUT2D eigenvalue weighted by atomic mass is 10.2. The molecule has 0 radical (unpaired) electrons. The second-order valence-corrected chi connectivity index (χ2v) is 7.91. The third-order valence-electron chi connectivity index (χ3n) is 4.82. The standard InChI is InChI=1S/C20H30N6S.HI/c1-21-19(22-12-17-15-27-20(24-17)25(2)3)23-13-18-10-7-11-26(18)14-16-8-5-4-6-9-16;/h4-6,8-9,15,18H,7,10-14H2,1-3H3,(H2,21,22,23);1H. The first kappa shape index (κ1) is 22.9. The van der Waals surface area contributed by atoms with Gasteiger partial charge in [0.25, 0.3) is 0 Å². The highest BCUT2D eigenvalue weighted by Gasteiger charge is 2.24. The molecule has 1 atom stereocenters. The Morgan fingerprint density at radius 1 is 1.29 bits per heavy atom. The zero-order valence-electron chi connectivity index (χ0n) is 16.9. The van der Waals surface area contributed by atoms with Gasteiger partial charge < -0.3 is 15.5 Å². The van der Waals surface area contributed by atoms with Gasteiger partial charge in [0, 0.05) is 45.7 Å². The van der Waals surface area contributed by atoms with Crippen LogP contribution < -0.4 is 15.5 Å². The van der Waals surface area contributed by atoms with Crippen molar-refractivity contribution in [2.45, 2.75) is 32.0 Å². The maximum atomic E-state index is 4.60. The summed E-state index contributed by atoms with van der Waals surface area (Å²) in [5, 5.41) is 9.98. The first-order chi connectivity index (χ1) is 13.2. The van der Waals surface area contributed by atoms with E-state index in [4.69, 9.17) is 0 Å². The lowest BCUT2D eigenvalue weighted by Crippen LogP contribution is -2.44. The minimum Gasteiger partial charge on any atom is -0.355 e. The molecule has 1 aromatic heterocycles. The van der Waals surface area contributed by atoms with Gasteiger partial charge in [-0.1, -0.05) is 30.3 Å². The third-order valence-corrected chi connectivity index (χ3v) is 5.87. The van der Waals surface area contributed by atoms with E-state index in [1.807, 2.05) is 26.0 Å². The Morgan fingerprint density at radius 3 is 2.75 bits per heavy atom. The largest absolute Gasteiger partial charge is 0.355 e. The normalized spacial score (nSPS) is 17.2. The van der Waals surface area contributed by atoms with E-state index in [-0.39, 0.29) is 24.0 Å². The molecule has 154 valence electrons. The summed E-state index contributed by atoms with van der Waals surface area (Å²) >= 11 is 1.66. The van der Waals surface area contributed by atoms with E-state index in [1.165, 1.54) is 24.9 Å². The fraction of sp³-hybridized carbons (Fsp3) is 0.500. The Hall–Kier alpha value is -1.39. The highest BCUT2D eigenvalue weighted by Crippen LogP contribution is 2.20. The molecule has 2 aromatic rings. The summed E-state index contributed by atoms with van der Waals surface area (Å²) in [6.07, 6.45) is 2.49. The van der Waals surface area contributed by atoms with Gasteiger partial charge in [-0.2, -0.15) is 0 Å². The van der Waals surface area contributed by atoms with Crippen molar-refractivity contribution in [3.8, 4) is 0 Å². The van der Waals surface area contributed by atoms with E-state index < -0.39 is 0 Å². The van der Waals surface area contributed by atoms with Crippen molar-refractivity contribution in [1.82, 2.24) is 20.5 Å². The average Bonchev–Trinajstić information content (AvgIpc) is 3.32. The van der Waals surface area contributed by atoms with Crippen molar-refractivity contribution in [3.05, 3.63) is 47.0 Å². The fourth-order valence-corrected chi connectivity index (χ4v) is 4.10. The van der Waals surface area contributed by atoms with Gasteiger partial charge in [-0.15, -0.1) is 35.3 Å². The number of likely N-dealkylation sites (tertiary alicyclic amines) is 1. The van der Waals surface area contributed by atoms with E-state index in [2.05, 4.69) is 61.2 Å². The highest BCUT2D eigenvalue weighted by atomic mass is 127. The van der Waals surface area contributed by atoms with E-state index in [9.17, 15) is 0 Å².